The number of hydrogen-bond donors (Lipinski definition) is 1. The van der Waals surface area contributed by atoms with Crippen LogP contribution in [0.5, 0.6) is 0 Å². The number of benzene rings is 2. The van der Waals surface area contributed by atoms with Gasteiger partial charge in [0.25, 0.3) is 5.91 Å². The van der Waals surface area contributed by atoms with E-state index in [1.165, 1.54) is 11.3 Å². The second-order valence-corrected chi connectivity index (χ2v) is 7.52. The zero-order chi connectivity index (χ0) is 16.2. The zero-order valence-corrected chi connectivity index (χ0v) is 15.7. The summed E-state index contributed by atoms with van der Waals surface area (Å²) in [4.78, 5) is 17.6. The van der Waals surface area contributed by atoms with Crippen LogP contribution in [0.3, 0.4) is 0 Å². The summed E-state index contributed by atoms with van der Waals surface area (Å²) in [5.41, 5.74) is 1.70. The highest BCUT2D eigenvalue weighted by Crippen LogP contribution is 2.25. The average Bonchev–Trinajstić information content (AvgIpc) is 2.97. The summed E-state index contributed by atoms with van der Waals surface area (Å²) in [6.45, 7) is 0. The van der Waals surface area contributed by atoms with Crippen LogP contribution >= 0.6 is 45.5 Å². The quantitative estimate of drug-likeness (QED) is 0.548. The van der Waals surface area contributed by atoms with E-state index in [0.717, 1.165) is 19.0 Å². The molecule has 0 saturated carbocycles. The lowest BCUT2D eigenvalue weighted by atomic mass is 10.1. The highest BCUT2D eigenvalue weighted by atomic mass is 127. The molecule has 0 unspecified atom stereocenters. The zero-order valence-electron chi connectivity index (χ0n) is 11.9. The Balaban J connectivity index is 1.72. The summed E-state index contributed by atoms with van der Waals surface area (Å²) in [6, 6.07) is 15.2. The predicted octanol–water partition coefficient (Wildman–Crippen LogP) is 5.24. The van der Waals surface area contributed by atoms with Gasteiger partial charge in [-0.05, 0) is 46.4 Å². The molecule has 1 aromatic heterocycles. The lowest BCUT2D eigenvalue weighted by Crippen LogP contribution is -2.12. The number of hydrogen-bond acceptors (Lipinski definition) is 3. The van der Waals surface area contributed by atoms with E-state index in [2.05, 4.69) is 32.9 Å². The topological polar surface area (TPSA) is 42.0 Å². The second kappa shape index (κ2) is 7.42. The van der Waals surface area contributed by atoms with Gasteiger partial charge in [0.1, 0.15) is 0 Å². The van der Waals surface area contributed by atoms with Gasteiger partial charge in [-0.1, -0.05) is 41.9 Å². The first-order valence-electron chi connectivity index (χ1n) is 6.87. The van der Waals surface area contributed by atoms with E-state index < -0.39 is 0 Å². The molecule has 0 bridgehead atoms. The fraction of sp³-hybridized carbons (Fsp3) is 0.0588. The van der Waals surface area contributed by atoms with E-state index in [-0.39, 0.29) is 5.91 Å². The lowest BCUT2D eigenvalue weighted by Gasteiger charge is -2.03. The van der Waals surface area contributed by atoms with Gasteiger partial charge >= 0.3 is 0 Å². The van der Waals surface area contributed by atoms with Crippen LogP contribution in [0.1, 0.15) is 20.8 Å². The van der Waals surface area contributed by atoms with Crippen molar-refractivity contribution in [3.8, 4) is 0 Å². The van der Waals surface area contributed by atoms with Gasteiger partial charge in [-0.2, -0.15) is 0 Å². The number of carbonyl (C=O) groups is 1. The molecule has 0 saturated heterocycles. The third-order valence-corrected chi connectivity index (χ3v) is 5.44. The molecule has 23 heavy (non-hydrogen) atoms. The molecule has 0 aliphatic carbocycles. The summed E-state index contributed by atoms with van der Waals surface area (Å²) in [5.74, 6) is -0.145. The van der Waals surface area contributed by atoms with Crippen LogP contribution in [0.4, 0.5) is 5.13 Å². The van der Waals surface area contributed by atoms with Crippen LogP contribution in [0.2, 0.25) is 5.02 Å². The van der Waals surface area contributed by atoms with Crippen molar-refractivity contribution in [2.75, 3.05) is 5.32 Å². The van der Waals surface area contributed by atoms with Gasteiger partial charge in [-0.3, -0.25) is 10.1 Å². The molecule has 1 amide bonds. The Hall–Kier alpha value is -1.44. The summed E-state index contributed by atoms with van der Waals surface area (Å²) in [7, 11) is 0. The summed E-state index contributed by atoms with van der Waals surface area (Å²) < 4.78 is 0.912. The van der Waals surface area contributed by atoms with E-state index in [1.54, 1.807) is 12.3 Å². The molecule has 0 radical (unpaired) electrons. The van der Waals surface area contributed by atoms with E-state index in [0.29, 0.717) is 17.1 Å². The smallest absolute Gasteiger partial charge is 0.258 e. The van der Waals surface area contributed by atoms with Crippen molar-refractivity contribution in [1.82, 2.24) is 4.98 Å². The monoisotopic (exact) mass is 454 g/mol. The minimum absolute atomic E-state index is 0.145. The summed E-state index contributed by atoms with van der Waals surface area (Å²) in [6.07, 6.45) is 2.48. The maximum atomic E-state index is 12.3. The highest BCUT2D eigenvalue weighted by Gasteiger charge is 2.12. The van der Waals surface area contributed by atoms with E-state index in [4.69, 9.17) is 11.6 Å². The van der Waals surface area contributed by atoms with Crippen LogP contribution in [0, 0.1) is 3.57 Å². The molecule has 6 heteroatoms. The molecule has 116 valence electrons. The number of halogens is 2. The molecule has 0 aliphatic heterocycles. The molecule has 3 aromatic rings. The molecule has 0 atom stereocenters. The molecule has 1 N–H and O–H groups in total. The van der Waals surface area contributed by atoms with Gasteiger partial charge < -0.3 is 0 Å². The van der Waals surface area contributed by atoms with Crippen molar-refractivity contribution in [1.29, 1.82) is 0 Å². The second-order valence-electron chi connectivity index (χ2n) is 4.83. The molecule has 3 nitrogen and oxygen atoms in total. The number of aromatic nitrogens is 1. The van der Waals surface area contributed by atoms with Gasteiger partial charge in [-0.25, -0.2) is 4.98 Å². The number of nitrogens with zero attached hydrogens (tertiary/aromatic N) is 1. The Morgan fingerprint density at radius 3 is 2.70 bits per heavy atom. The first-order chi connectivity index (χ1) is 11.1. The number of nitrogens with one attached hydrogen (secondary N) is 1. The number of anilines is 1. The Morgan fingerprint density at radius 2 is 1.91 bits per heavy atom. The molecule has 2 aromatic carbocycles. The molecular formula is C17H12ClIN2OS. The van der Waals surface area contributed by atoms with Crippen molar-refractivity contribution in [3.63, 3.8) is 0 Å². The van der Waals surface area contributed by atoms with Crippen LogP contribution < -0.4 is 5.32 Å². The molecule has 0 aliphatic rings. The van der Waals surface area contributed by atoms with E-state index >= 15 is 0 Å². The molecule has 1 heterocycles. The molecule has 0 fully saturated rings. The van der Waals surface area contributed by atoms with Gasteiger partial charge in [0, 0.05) is 26.1 Å². The number of thiazole rings is 1. The minimum atomic E-state index is -0.145. The normalized spacial score (nSPS) is 10.5. The van der Waals surface area contributed by atoms with E-state index in [9.17, 15) is 4.79 Å². The van der Waals surface area contributed by atoms with Crippen molar-refractivity contribution >= 4 is 56.6 Å². The minimum Gasteiger partial charge on any atom is -0.298 e. The van der Waals surface area contributed by atoms with Gasteiger partial charge in [0.05, 0.1) is 5.56 Å². The summed E-state index contributed by atoms with van der Waals surface area (Å²) in [5, 5.41) is 4.19. The molecular weight excluding hydrogens is 443 g/mol. The number of rotatable bonds is 4. The lowest BCUT2D eigenvalue weighted by molar-refractivity contribution is 0.102. The molecule has 0 spiro atoms. The van der Waals surface area contributed by atoms with Gasteiger partial charge in [-0.15, -0.1) is 11.3 Å². The maximum absolute atomic E-state index is 12.3. The number of amides is 1. The van der Waals surface area contributed by atoms with Crippen LogP contribution in [0.15, 0.2) is 54.7 Å². The number of carbonyl (C=O) groups excluding carboxylic acids is 1. The van der Waals surface area contributed by atoms with Crippen LogP contribution in [-0.2, 0) is 6.42 Å². The van der Waals surface area contributed by atoms with Crippen molar-refractivity contribution in [3.05, 3.63) is 79.3 Å². The molecule has 3 rings (SSSR count). The third kappa shape index (κ3) is 4.10. The maximum Gasteiger partial charge on any atom is 0.258 e. The predicted molar refractivity (Wildman–Crippen MR) is 103 cm³/mol. The van der Waals surface area contributed by atoms with Crippen LogP contribution in [-0.4, -0.2) is 10.9 Å². The Labute approximate surface area is 156 Å². The van der Waals surface area contributed by atoms with Crippen molar-refractivity contribution in [2.24, 2.45) is 0 Å². The van der Waals surface area contributed by atoms with Gasteiger partial charge in [0.15, 0.2) is 5.13 Å². The fourth-order valence-corrected chi connectivity index (χ4v) is 3.75. The highest BCUT2D eigenvalue weighted by molar-refractivity contribution is 14.1. The average molecular weight is 455 g/mol. The Bertz CT molecular complexity index is 850. The summed E-state index contributed by atoms with van der Waals surface area (Å²) >= 11 is 9.79. The van der Waals surface area contributed by atoms with Crippen LogP contribution in [0.25, 0.3) is 0 Å². The largest absolute Gasteiger partial charge is 0.298 e. The van der Waals surface area contributed by atoms with E-state index in [1.807, 2.05) is 42.5 Å². The van der Waals surface area contributed by atoms with Crippen molar-refractivity contribution < 1.29 is 4.79 Å². The first-order valence-corrected chi connectivity index (χ1v) is 9.15. The fourth-order valence-electron chi connectivity index (χ4n) is 2.09. The Kier molecular flexibility index (Phi) is 5.30. The third-order valence-electron chi connectivity index (χ3n) is 3.22. The first kappa shape index (κ1) is 16.4. The SMILES string of the molecule is O=C(Nc1ncc(Cc2ccccc2Cl)s1)c1ccccc1I. The Morgan fingerprint density at radius 1 is 1.17 bits per heavy atom. The standard InChI is InChI=1S/C17H12ClIN2OS/c18-14-7-3-1-5-11(14)9-12-10-20-17(23-12)21-16(22)13-6-2-4-8-15(13)19/h1-8,10H,9H2,(H,20,21,22). The van der Waals surface area contributed by atoms with Crippen molar-refractivity contribution in [2.45, 2.75) is 6.42 Å². The van der Waals surface area contributed by atoms with Gasteiger partial charge in [0.2, 0.25) is 0 Å².